The zero-order valence-corrected chi connectivity index (χ0v) is 41.4. The van der Waals surface area contributed by atoms with E-state index in [1.807, 2.05) is 0 Å². The molecule has 2 aliphatic rings. The molecule has 0 saturated heterocycles. The molecule has 4 aromatic carbocycles. The fourth-order valence-electron chi connectivity index (χ4n) is 6.68. The molecule has 300 valence electrons. The predicted molar refractivity (Wildman–Crippen MR) is 234 cm³/mol. The van der Waals surface area contributed by atoms with Gasteiger partial charge in [-0.05, 0) is 28.4 Å². The van der Waals surface area contributed by atoms with Gasteiger partial charge in [0.25, 0.3) is 0 Å². The summed E-state index contributed by atoms with van der Waals surface area (Å²) >= 11 is 1.46. The zero-order chi connectivity index (χ0) is 40.4. The number of fused-ring (bicyclic) bond motifs is 3. The minimum absolute atomic E-state index is 0. The van der Waals surface area contributed by atoms with E-state index in [1.54, 1.807) is 0 Å². The molecule has 0 aliphatic heterocycles. The molecule has 0 radical (unpaired) electrons. The molecule has 1 unspecified atom stereocenters. The van der Waals surface area contributed by atoms with Crippen LogP contribution in [0.5, 0.6) is 0 Å². The maximum absolute atomic E-state index is 3.67. The molecule has 3 heteroatoms. The van der Waals surface area contributed by atoms with Crippen LogP contribution in [0.4, 0.5) is 0 Å². The third-order valence-corrected chi connectivity index (χ3v) is 12.1. The van der Waals surface area contributed by atoms with Crippen molar-refractivity contribution in [2.75, 3.05) is 0 Å². The average molecular weight is 867 g/mol. The van der Waals surface area contributed by atoms with Crippen LogP contribution < -0.4 is 24.8 Å². The molecule has 56 heavy (non-hydrogen) atoms. The summed E-state index contributed by atoms with van der Waals surface area (Å²) in [5.41, 5.74) is 16.3. The van der Waals surface area contributed by atoms with Crippen LogP contribution in [-0.2, 0) is 52.3 Å². The van der Waals surface area contributed by atoms with Gasteiger partial charge in [0.2, 0.25) is 0 Å². The molecule has 4 aromatic rings. The molecular formula is C53H68Cl2Zr-2. The minimum atomic E-state index is 0. The first-order valence-electron chi connectivity index (χ1n) is 20.1. The Morgan fingerprint density at radius 3 is 1.39 bits per heavy atom. The predicted octanol–water partition coefficient (Wildman–Crippen LogP) is 8.42. The Labute approximate surface area is 370 Å². The summed E-state index contributed by atoms with van der Waals surface area (Å²) < 4.78 is 1.42. The Morgan fingerprint density at radius 1 is 0.571 bits per heavy atom. The van der Waals surface area contributed by atoms with E-state index in [1.165, 1.54) is 95.1 Å². The smallest absolute Gasteiger partial charge is 0.0640 e. The van der Waals surface area contributed by atoms with Gasteiger partial charge >= 0.3 is 151 Å². The van der Waals surface area contributed by atoms with Gasteiger partial charge in [0, 0.05) is 0 Å². The van der Waals surface area contributed by atoms with Crippen molar-refractivity contribution in [3.8, 4) is 11.1 Å². The third kappa shape index (κ3) is 13.1. The minimum Gasteiger partial charge on any atom is -1.00 e. The Balaban J connectivity index is 0.000000300. The first-order chi connectivity index (χ1) is 24.8. The standard InChI is InChI=1S/C21H25.C21H26.C11H17.2ClH.Zr/c1-20(2,3)16-7-9-18-14(12-16)11-15-13-17(21(4,5)6)8-10-19(15)18;1-20(2,3)18-11-7-16(8-12-18)15-17-9-13-19(14-10-17)21(4,5)6;1-5-9-6-7-10(8-9)11(2,3)4;;;/h7-10,12H,11H2,1-6H3;7-14H,1-6H3;7-9H,5H2,1-4H3;2*1H;/q-1;;-1;;;+2/p-2. The van der Waals surface area contributed by atoms with Crippen LogP contribution in [0.25, 0.3) is 11.1 Å². The van der Waals surface area contributed by atoms with Crippen molar-refractivity contribution in [3.63, 3.8) is 0 Å². The quantitative estimate of drug-likeness (QED) is 0.160. The number of hydrogen-bond acceptors (Lipinski definition) is 0. The first-order valence-corrected chi connectivity index (χ1v) is 21.3. The molecule has 0 spiro atoms. The molecule has 0 N–H and O–H groups in total. The third-order valence-electron chi connectivity index (χ3n) is 10.7. The second-order valence-electron chi connectivity index (χ2n) is 20.5. The molecule has 1 atom stereocenters. The summed E-state index contributed by atoms with van der Waals surface area (Å²) in [6.07, 6.45) is 10.0. The SMILES string of the molecule is CC(C)(C)c1[c-]c2c(cc1)-c1ccc(C(C)(C)C)cc1C2.CC(C)(C)c1ccc([C](=[Zr+2])c2ccc(C(C)(C)C)cc2)cc1.CCC1[C-]=CC(C(C)(C)C)=C1.[Cl-].[Cl-]. The van der Waals surface area contributed by atoms with E-state index in [0.29, 0.717) is 11.3 Å². The molecule has 0 saturated carbocycles. The van der Waals surface area contributed by atoms with E-state index in [9.17, 15) is 0 Å². The number of benzene rings is 4. The molecule has 0 nitrogen and oxygen atoms in total. The molecule has 0 amide bonds. The number of allylic oxidation sites excluding steroid dienone is 4. The van der Waals surface area contributed by atoms with E-state index < -0.39 is 0 Å². The number of hydrogen-bond donors (Lipinski definition) is 0. The molecule has 6 rings (SSSR count). The summed E-state index contributed by atoms with van der Waals surface area (Å²) in [7, 11) is 0. The molecule has 0 heterocycles. The Morgan fingerprint density at radius 2 is 1.02 bits per heavy atom. The van der Waals surface area contributed by atoms with Crippen LogP contribution >= 0.6 is 0 Å². The zero-order valence-electron chi connectivity index (χ0n) is 37.4. The second kappa shape index (κ2) is 19.2. The van der Waals surface area contributed by atoms with Gasteiger partial charge in [-0.15, -0.1) is 11.1 Å². The maximum Gasteiger partial charge on any atom is -0.0640 e. The number of rotatable bonds is 3. The van der Waals surface area contributed by atoms with Gasteiger partial charge in [-0.2, -0.15) is 35.4 Å². The normalized spacial score (nSPS) is 14.8. The largest absolute Gasteiger partial charge is 1.00 e. The van der Waals surface area contributed by atoms with Crippen molar-refractivity contribution in [2.45, 2.75) is 145 Å². The van der Waals surface area contributed by atoms with Crippen molar-refractivity contribution in [3.05, 3.63) is 153 Å². The van der Waals surface area contributed by atoms with Crippen molar-refractivity contribution < 1.29 is 49.0 Å². The van der Waals surface area contributed by atoms with Gasteiger partial charge in [-0.3, -0.25) is 6.08 Å². The monoisotopic (exact) mass is 864 g/mol. The average Bonchev–Trinajstić information content (AvgIpc) is 3.72. The molecule has 2 aliphatic carbocycles. The molecule has 0 bridgehead atoms. The van der Waals surface area contributed by atoms with E-state index in [0.717, 1.165) is 6.42 Å². The summed E-state index contributed by atoms with van der Waals surface area (Å²) in [4.78, 5) is 0. The van der Waals surface area contributed by atoms with Crippen molar-refractivity contribution >= 4 is 3.21 Å². The van der Waals surface area contributed by atoms with Gasteiger partial charge in [-0.25, -0.2) is 6.08 Å². The molecular weight excluding hydrogens is 799 g/mol. The molecule has 0 aromatic heterocycles. The van der Waals surface area contributed by atoms with Crippen molar-refractivity contribution in [1.82, 2.24) is 0 Å². The van der Waals surface area contributed by atoms with E-state index >= 15 is 0 Å². The topological polar surface area (TPSA) is 0 Å². The van der Waals surface area contributed by atoms with E-state index in [-0.39, 0.29) is 46.5 Å². The van der Waals surface area contributed by atoms with Gasteiger partial charge < -0.3 is 24.8 Å². The van der Waals surface area contributed by atoms with E-state index in [4.69, 9.17) is 0 Å². The summed E-state index contributed by atoms with van der Waals surface area (Å²) in [5.74, 6) is 0.573. The number of halogens is 2. The Bertz CT molecular complexity index is 1850. The second-order valence-corrected chi connectivity index (χ2v) is 21.8. The van der Waals surface area contributed by atoms with Gasteiger partial charge in [0.15, 0.2) is 0 Å². The fraction of sp³-hybridized carbons (Fsp3) is 0.453. The Hall–Kier alpha value is -2.31. The van der Waals surface area contributed by atoms with Crippen LogP contribution in [0.3, 0.4) is 0 Å². The summed E-state index contributed by atoms with van der Waals surface area (Å²) in [6, 6.07) is 33.3. The van der Waals surface area contributed by atoms with Gasteiger partial charge in [-0.1, -0.05) is 111 Å². The van der Waals surface area contributed by atoms with Crippen molar-refractivity contribution in [1.29, 1.82) is 0 Å². The summed E-state index contributed by atoms with van der Waals surface area (Å²) in [5, 5.41) is 0. The maximum atomic E-state index is 3.67. The van der Waals surface area contributed by atoms with Crippen LogP contribution in [0.1, 0.15) is 162 Å². The van der Waals surface area contributed by atoms with Crippen LogP contribution in [0.15, 0.2) is 96.6 Å². The first kappa shape index (κ1) is 49.8. The summed E-state index contributed by atoms with van der Waals surface area (Å²) in [6.45, 7) is 36.1. The fourth-order valence-corrected chi connectivity index (χ4v) is 7.50. The van der Waals surface area contributed by atoms with Gasteiger partial charge in [0.1, 0.15) is 0 Å². The van der Waals surface area contributed by atoms with Crippen LogP contribution in [0.2, 0.25) is 0 Å². The van der Waals surface area contributed by atoms with Crippen molar-refractivity contribution in [2.24, 2.45) is 11.3 Å². The van der Waals surface area contributed by atoms with Crippen LogP contribution in [0, 0.1) is 23.5 Å². The van der Waals surface area contributed by atoms with Crippen LogP contribution in [-0.4, -0.2) is 3.21 Å². The molecule has 0 fully saturated rings. The van der Waals surface area contributed by atoms with E-state index in [2.05, 4.69) is 214 Å². The Kier molecular flexibility index (Phi) is 17.1. The van der Waals surface area contributed by atoms with Gasteiger partial charge in [0.05, 0.1) is 0 Å².